The van der Waals surface area contributed by atoms with Crippen molar-refractivity contribution in [1.82, 2.24) is 5.43 Å². The van der Waals surface area contributed by atoms with Gasteiger partial charge in [0, 0.05) is 11.1 Å². The molecule has 0 bridgehead atoms. The monoisotopic (exact) mass is 368 g/mol. The molecule has 0 aromatic heterocycles. The standard InChI is InChI=1S/C24H20N2O2/c1-2-28-23-14-13-18-8-5-6-10-21(18)22(23)16-25-26-24(27)20-12-11-17-7-3-4-9-19(17)15-20/h3-16H,2H2,1H3,(H,26,27)/b25-16-. The van der Waals surface area contributed by atoms with Gasteiger partial charge in [-0.15, -0.1) is 0 Å². The van der Waals surface area contributed by atoms with Gasteiger partial charge in [0.1, 0.15) is 5.75 Å². The van der Waals surface area contributed by atoms with Crippen LogP contribution in [0.5, 0.6) is 5.75 Å². The van der Waals surface area contributed by atoms with E-state index in [1.165, 1.54) is 0 Å². The molecule has 138 valence electrons. The van der Waals surface area contributed by atoms with Gasteiger partial charge in [0.25, 0.3) is 5.91 Å². The number of rotatable bonds is 5. The summed E-state index contributed by atoms with van der Waals surface area (Å²) in [6, 6.07) is 25.5. The Balaban J connectivity index is 1.60. The number of benzene rings is 4. The number of carbonyl (C=O) groups excluding carboxylic acids is 1. The fraction of sp³-hybridized carbons (Fsp3) is 0.0833. The van der Waals surface area contributed by atoms with Crippen molar-refractivity contribution in [2.24, 2.45) is 5.10 Å². The summed E-state index contributed by atoms with van der Waals surface area (Å²) in [6.07, 6.45) is 1.65. The van der Waals surface area contributed by atoms with Gasteiger partial charge in [0.15, 0.2) is 0 Å². The first-order valence-electron chi connectivity index (χ1n) is 9.23. The molecule has 28 heavy (non-hydrogen) atoms. The number of hydrogen-bond acceptors (Lipinski definition) is 3. The van der Waals surface area contributed by atoms with Crippen LogP contribution in [-0.4, -0.2) is 18.7 Å². The van der Waals surface area contributed by atoms with Gasteiger partial charge in [-0.05, 0) is 46.7 Å². The summed E-state index contributed by atoms with van der Waals surface area (Å²) in [4.78, 5) is 12.5. The Bertz CT molecular complexity index is 1180. The lowest BCUT2D eigenvalue weighted by molar-refractivity contribution is 0.0955. The SMILES string of the molecule is CCOc1ccc2ccccc2c1/C=N\NC(=O)c1ccc2ccccc2c1. The first-order valence-corrected chi connectivity index (χ1v) is 9.23. The second-order valence-electron chi connectivity index (χ2n) is 6.39. The van der Waals surface area contributed by atoms with Gasteiger partial charge in [0.05, 0.1) is 12.8 Å². The van der Waals surface area contributed by atoms with E-state index in [1.807, 2.05) is 79.7 Å². The Labute approximate surface area is 163 Å². The van der Waals surface area contributed by atoms with Crippen LogP contribution in [-0.2, 0) is 0 Å². The van der Waals surface area contributed by atoms with Gasteiger partial charge >= 0.3 is 0 Å². The van der Waals surface area contributed by atoms with Gasteiger partial charge in [-0.2, -0.15) is 5.10 Å². The molecule has 0 unspecified atom stereocenters. The molecule has 4 rings (SSSR count). The summed E-state index contributed by atoms with van der Waals surface area (Å²) in [5.74, 6) is 0.491. The number of hydrazone groups is 1. The zero-order valence-electron chi connectivity index (χ0n) is 15.6. The molecule has 1 amide bonds. The molecule has 0 saturated carbocycles. The highest BCUT2D eigenvalue weighted by atomic mass is 16.5. The van der Waals surface area contributed by atoms with Gasteiger partial charge in [0.2, 0.25) is 0 Å². The summed E-state index contributed by atoms with van der Waals surface area (Å²) < 4.78 is 5.73. The van der Waals surface area contributed by atoms with Crippen molar-refractivity contribution >= 4 is 33.7 Å². The maximum Gasteiger partial charge on any atom is 0.271 e. The van der Waals surface area contributed by atoms with Gasteiger partial charge in [-0.3, -0.25) is 4.79 Å². The topological polar surface area (TPSA) is 50.7 Å². The maximum atomic E-state index is 12.5. The summed E-state index contributed by atoms with van der Waals surface area (Å²) in [6.45, 7) is 2.50. The highest BCUT2D eigenvalue weighted by Gasteiger charge is 2.08. The molecule has 0 heterocycles. The average Bonchev–Trinajstić information content (AvgIpc) is 2.74. The predicted molar refractivity (Wildman–Crippen MR) is 114 cm³/mol. The van der Waals surface area contributed by atoms with E-state index in [-0.39, 0.29) is 5.91 Å². The fourth-order valence-electron chi connectivity index (χ4n) is 3.24. The first-order chi connectivity index (χ1) is 13.8. The molecule has 1 N–H and O–H groups in total. The van der Waals surface area contributed by atoms with Crippen molar-refractivity contribution < 1.29 is 9.53 Å². The lowest BCUT2D eigenvalue weighted by Gasteiger charge is -2.10. The van der Waals surface area contributed by atoms with Crippen LogP contribution >= 0.6 is 0 Å². The molecule has 0 spiro atoms. The van der Waals surface area contributed by atoms with Crippen molar-refractivity contribution in [1.29, 1.82) is 0 Å². The van der Waals surface area contributed by atoms with E-state index in [1.54, 1.807) is 12.3 Å². The molecule has 4 heteroatoms. The number of nitrogens with one attached hydrogen (secondary N) is 1. The van der Waals surface area contributed by atoms with Crippen LogP contribution in [0.25, 0.3) is 21.5 Å². The minimum atomic E-state index is -0.250. The minimum absolute atomic E-state index is 0.250. The largest absolute Gasteiger partial charge is 0.493 e. The van der Waals surface area contributed by atoms with E-state index in [4.69, 9.17) is 4.74 Å². The Morgan fingerprint density at radius 3 is 2.46 bits per heavy atom. The molecule has 4 aromatic rings. The summed E-state index contributed by atoms with van der Waals surface area (Å²) in [5.41, 5.74) is 4.04. The molecule has 4 nitrogen and oxygen atoms in total. The van der Waals surface area contributed by atoms with Crippen LogP contribution in [0.1, 0.15) is 22.8 Å². The zero-order valence-corrected chi connectivity index (χ0v) is 15.6. The Morgan fingerprint density at radius 1 is 0.929 bits per heavy atom. The van der Waals surface area contributed by atoms with Crippen LogP contribution < -0.4 is 10.2 Å². The number of nitrogens with zero attached hydrogens (tertiary/aromatic N) is 1. The quantitative estimate of drug-likeness (QED) is 0.391. The molecule has 0 aliphatic carbocycles. The van der Waals surface area contributed by atoms with Crippen molar-refractivity contribution in [3.8, 4) is 5.75 Å². The van der Waals surface area contributed by atoms with Crippen molar-refractivity contribution in [3.05, 3.63) is 90.0 Å². The average molecular weight is 368 g/mol. The number of amides is 1. The van der Waals surface area contributed by atoms with Crippen LogP contribution in [0, 0.1) is 0 Å². The van der Waals surface area contributed by atoms with Crippen molar-refractivity contribution in [3.63, 3.8) is 0 Å². The van der Waals surface area contributed by atoms with Crippen LogP contribution in [0.2, 0.25) is 0 Å². The number of hydrogen-bond donors (Lipinski definition) is 1. The van der Waals surface area contributed by atoms with Gasteiger partial charge in [-0.1, -0.05) is 60.7 Å². The number of carbonyl (C=O) groups is 1. The van der Waals surface area contributed by atoms with Crippen LogP contribution in [0.4, 0.5) is 0 Å². The summed E-state index contributed by atoms with van der Waals surface area (Å²) >= 11 is 0. The maximum absolute atomic E-state index is 12.5. The van der Waals surface area contributed by atoms with Crippen LogP contribution in [0.3, 0.4) is 0 Å². The molecule has 0 saturated heterocycles. The molecule has 0 atom stereocenters. The van der Waals surface area contributed by atoms with E-state index < -0.39 is 0 Å². The van der Waals surface area contributed by atoms with E-state index in [0.717, 1.165) is 32.9 Å². The molecule has 4 aromatic carbocycles. The van der Waals surface area contributed by atoms with Crippen molar-refractivity contribution in [2.45, 2.75) is 6.92 Å². The fourth-order valence-corrected chi connectivity index (χ4v) is 3.24. The van der Waals surface area contributed by atoms with Gasteiger partial charge in [-0.25, -0.2) is 5.43 Å². The highest BCUT2D eigenvalue weighted by molar-refractivity contribution is 6.03. The molecule has 0 fully saturated rings. The predicted octanol–water partition coefficient (Wildman–Crippen LogP) is 5.16. The van der Waals surface area contributed by atoms with E-state index >= 15 is 0 Å². The Morgan fingerprint density at radius 2 is 1.64 bits per heavy atom. The van der Waals surface area contributed by atoms with Gasteiger partial charge < -0.3 is 4.74 Å². The molecular formula is C24H20N2O2. The third-order valence-electron chi connectivity index (χ3n) is 4.60. The minimum Gasteiger partial charge on any atom is -0.493 e. The molecule has 0 aliphatic rings. The third kappa shape index (κ3) is 3.58. The second-order valence-corrected chi connectivity index (χ2v) is 6.39. The Hall–Kier alpha value is -3.66. The first kappa shape index (κ1) is 17.7. The summed E-state index contributed by atoms with van der Waals surface area (Å²) in [7, 11) is 0. The number of fused-ring (bicyclic) bond motifs is 2. The number of ether oxygens (including phenoxy) is 1. The molecule has 0 radical (unpaired) electrons. The molecule has 0 aliphatic heterocycles. The van der Waals surface area contributed by atoms with E-state index in [0.29, 0.717) is 12.2 Å². The zero-order chi connectivity index (χ0) is 19.3. The van der Waals surface area contributed by atoms with Crippen LogP contribution in [0.15, 0.2) is 84.0 Å². The smallest absolute Gasteiger partial charge is 0.271 e. The van der Waals surface area contributed by atoms with E-state index in [2.05, 4.69) is 10.5 Å². The second kappa shape index (κ2) is 7.92. The normalized spacial score (nSPS) is 11.2. The lowest BCUT2D eigenvalue weighted by Crippen LogP contribution is -2.17. The van der Waals surface area contributed by atoms with Crippen molar-refractivity contribution in [2.75, 3.05) is 6.61 Å². The molecular weight excluding hydrogens is 348 g/mol. The lowest BCUT2D eigenvalue weighted by atomic mass is 10.0. The highest BCUT2D eigenvalue weighted by Crippen LogP contribution is 2.26. The summed E-state index contributed by atoms with van der Waals surface area (Å²) in [5, 5.41) is 8.42. The Kier molecular flexibility index (Phi) is 5.02. The third-order valence-corrected chi connectivity index (χ3v) is 4.60. The van der Waals surface area contributed by atoms with E-state index in [9.17, 15) is 4.79 Å².